The summed E-state index contributed by atoms with van der Waals surface area (Å²) in [5.74, 6) is 0.573. The van der Waals surface area contributed by atoms with Crippen molar-refractivity contribution in [3.05, 3.63) is 0 Å². The highest BCUT2D eigenvalue weighted by molar-refractivity contribution is 5.86. The zero-order chi connectivity index (χ0) is 13.0. The lowest BCUT2D eigenvalue weighted by molar-refractivity contribution is -0.135. The number of nitrogens with one attached hydrogen (secondary N) is 2. The Morgan fingerprint density at radius 3 is 2.59 bits per heavy atom. The van der Waals surface area contributed by atoms with E-state index in [1.807, 2.05) is 7.05 Å². The predicted octanol–water partition coefficient (Wildman–Crippen LogP) is -0.0326. The maximum Gasteiger partial charge on any atom is 0.241 e. The molecule has 0 aromatic rings. The third-order valence-corrected chi connectivity index (χ3v) is 3.13. The van der Waals surface area contributed by atoms with Crippen LogP contribution >= 0.6 is 0 Å². The summed E-state index contributed by atoms with van der Waals surface area (Å²) >= 11 is 0. The van der Waals surface area contributed by atoms with Gasteiger partial charge < -0.3 is 10.2 Å². The zero-order valence-electron chi connectivity index (χ0n) is 11.1. The van der Waals surface area contributed by atoms with Crippen LogP contribution < -0.4 is 10.6 Å². The summed E-state index contributed by atoms with van der Waals surface area (Å²) in [4.78, 5) is 24.9. The highest BCUT2D eigenvalue weighted by Gasteiger charge is 2.28. The highest BCUT2D eigenvalue weighted by atomic mass is 16.2. The number of nitrogens with zero attached hydrogens (tertiary/aromatic N) is 1. The molecule has 0 aliphatic carbocycles. The molecule has 0 aromatic carbocycles. The highest BCUT2D eigenvalue weighted by Crippen LogP contribution is 2.10. The van der Waals surface area contributed by atoms with Crippen molar-refractivity contribution >= 4 is 11.8 Å². The second-order valence-electron chi connectivity index (χ2n) is 5.17. The summed E-state index contributed by atoms with van der Waals surface area (Å²) in [5, 5.41) is 5.65. The molecule has 98 valence electrons. The van der Waals surface area contributed by atoms with E-state index in [0.717, 1.165) is 6.42 Å². The SMILES string of the molecule is CC(C)CC(C)N(C)C(=O)C1CNC(=O)CN1. The monoisotopic (exact) mass is 241 g/mol. The van der Waals surface area contributed by atoms with Crippen molar-refractivity contribution in [3.63, 3.8) is 0 Å². The number of carbonyl (C=O) groups excluding carboxylic acids is 2. The lowest BCUT2D eigenvalue weighted by Gasteiger charge is -2.32. The molecular weight excluding hydrogens is 218 g/mol. The van der Waals surface area contributed by atoms with Crippen LogP contribution in [-0.2, 0) is 9.59 Å². The second kappa shape index (κ2) is 6.00. The standard InChI is InChI=1S/C12H23N3O2/c1-8(2)5-9(3)15(4)12(17)10-6-14-11(16)7-13-10/h8-10,13H,5-7H2,1-4H3,(H,14,16). The largest absolute Gasteiger partial charge is 0.353 e. The molecule has 1 aliphatic heterocycles. The molecule has 1 rings (SSSR count). The number of amides is 2. The van der Waals surface area contributed by atoms with Crippen LogP contribution in [0, 0.1) is 5.92 Å². The number of likely N-dealkylation sites (N-methyl/N-ethyl adjacent to an activating group) is 1. The number of piperazine rings is 1. The van der Waals surface area contributed by atoms with E-state index in [4.69, 9.17) is 0 Å². The molecule has 17 heavy (non-hydrogen) atoms. The average Bonchev–Trinajstić information content (AvgIpc) is 2.27. The van der Waals surface area contributed by atoms with Gasteiger partial charge in [-0.2, -0.15) is 0 Å². The predicted molar refractivity (Wildman–Crippen MR) is 66.5 cm³/mol. The fraction of sp³-hybridized carbons (Fsp3) is 0.833. The number of hydrogen-bond acceptors (Lipinski definition) is 3. The van der Waals surface area contributed by atoms with Crippen LogP contribution in [0.5, 0.6) is 0 Å². The molecule has 2 unspecified atom stereocenters. The van der Waals surface area contributed by atoms with Crippen molar-refractivity contribution in [3.8, 4) is 0 Å². The maximum atomic E-state index is 12.1. The Labute approximate surface area is 103 Å². The van der Waals surface area contributed by atoms with Crippen molar-refractivity contribution in [2.45, 2.75) is 39.3 Å². The molecule has 5 nitrogen and oxygen atoms in total. The van der Waals surface area contributed by atoms with Gasteiger partial charge >= 0.3 is 0 Å². The van der Waals surface area contributed by atoms with E-state index < -0.39 is 0 Å². The fourth-order valence-electron chi connectivity index (χ4n) is 2.04. The second-order valence-corrected chi connectivity index (χ2v) is 5.17. The normalized spacial score (nSPS) is 22.2. The van der Waals surface area contributed by atoms with Crippen molar-refractivity contribution in [2.24, 2.45) is 5.92 Å². The zero-order valence-corrected chi connectivity index (χ0v) is 11.1. The van der Waals surface area contributed by atoms with Gasteiger partial charge in [-0.05, 0) is 19.3 Å². The topological polar surface area (TPSA) is 61.4 Å². The molecule has 2 amide bonds. The van der Waals surface area contributed by atoms with Gasteiger partial charge in [0.2, 0.25) is 11.8 Å². The summed E-state index contributed by atoms with van der Waals surface area (Å²) in [6, 6.07) is -0.0609. The van der Waals surface area contributed by atoms with Crippen LogP contribution in [0.4, 0.5) is 0 Å². The van der Waals surface area contributed by atoms with Crippen LogP contribution in [0.2, 0.25) is 0 Å². The lowest BCUT2D eigenvalue weighted by atomic mass is 10.0. The number of hydrogen-bond donors (Lipinski definition) is 2. The quantitative estimate of drug-likeness (QED) is 0.726. The van der Waals surface area contributed by atoms with E-state index in [9.17, 15) is 9.59 Å². The number of rotatable bonds is 4. The molecule has 1 heterocycles. The van der Waals surface area contributed by atoms with Crippen LogP contribution in [0.25, 0.3) is 0 Å². The minimum Gasteiger partial charge on any atom is -0.353 e. The summed E-state index contributed by atoms with van der Waals surface area (Å²) in [5.41, 5.74) is 0. The lowest BCUT2D eigenvalue weighted by Crippen LogP contribution is -2.59. The first-order valence-corrected chi connectivity index (χ1v) is 6.18. The Bertz CT molecular complexity index is 281. The average molecular weight is 241 g/mol. The molecule has 1 saturated heterocycles. The van der Waals surface area contributed by atoms with Crippen LogP contribution in [-0.4, -0.2) is 48.9 Å². The third kappa shape index (κ3) is 4.00. The van der Waals surface area contributed by atoms with Crippen molar-refractivity contribution in [1.29, 1.82) is 0 Å². The summed E-state index contributed by atoms with van der Waals surface area (Å²) in [6.45, 7) is 6.96. The van der Waals surface area contributed by atoms with Crippen molar-refractivity contribution < 1.29 is 9.59 Å². The van der Waals surface area contributed by atoms with E-state index in [1.165, 1.54) is 0 Å². The van der Waals surface area contributed by atoms with Crippen molar-refractivity contribution in [1.82, 2.24) is 15.5 Å². The summed E-state index contributed by atoms with van der Waals surface area (Å²) in [7, 11) is 1.83. The molecule has 0 spiro atoms. The van der Waals surface area contributed by atoms with Gasteiger partial charge in [0.1, 0.15) is 6.04 Å². The van der Waals surface area contributed by atoms with E-state index in [2.05, 4.69) is 31.4 Å². The van der Waals surface area contributed by atoms with Gasteiger partial charge in [-0.15, -0.1) is 0 Å². The van der Waals surface area contributed by atoms with Gasteiger partial charge in [-0.3, -0.25) is 14.9 Å². The van der Waals surface area contributed by atoms with Gasteiger partial charge in [-0.25, -0.2) is 0 Å². The molecule has 0 bridgehead atoms. The summed E-state index contributed by atoms with van der Waals surface area (Å²) in [6.07, 6.45) is 0.987. The first kappa shape index (κ1) is 14.0. The van der Waals surface area contributed by atoms with Crippen LogP contribution in [0.3, 0.4) is 0 Å². The van der Waals surface area contributed by atoms with Gasteiger partial charge in [0.25, 0.3) is 0 Å². The maximum absolute atomic E-state index is 12.1. The van der Waals surface area contributed by atoms with E-state index in [-0.39, 0.29) is 30.4 Å². The Morgan fingerprint density at radius 1 is 1.47 bits per heavy atom. The van der Waals surface area contributed by atoms with Gasteiger partial charge in [0.05, 0.1) is 6.54 Å². The number of carbonyl (C=O) groups is 2. The molecule has 5 heteroatoms. The van der Waals surface area contributed by atoms with Crippen LogP contribution in [0.1, 0.15) is 27.2 Å². The minimum absolute atomic E-state index is 0.0491. The fourth-order valence-corrected chi connectivity index (χ4v) is 2.04. The molecular formula is C12H23N3O2. The first-order chi connectivity index (χ1) is 7.91. The Kier molecular flexibility index (Phi) is 4.93. The Hall–Kier alpha value is -1.10. The Morgan fingerprint density at radius 2 is 2.12 bits per heavy atom. The molecule has 2 atom stereocenters. The van der Waals surface area contributed by atoms with Crippen LogP contribution in [0.15, 0.2) is 0 Å². The van der Waals surface area contributed by atoms with Gasteiger partial charge in [0, 0.05) is 19.6 Å². The Balaban J connectivity index is 2.48. The first-order valence-electron chi connectivity index (χ1n) is 6.18. The molecule has 1 aliphatic rings. The smallest absolute Gasteiger partial charge is 0.241 e. The molecule has 0 saturated carbocycles. The molecule has 0 aromatic heterocycles. The van der Waals surface area contributed by atoms with E-state index >= 15 is 0 Å². The van der Waals surface area contributed by atoms with Gasteiger partial charge in [-0.1, -0.05) is 13.8 Å². The van der Waals surface area contributed by atoms with E-state index in [1.54, 1.807) is 4.90 Å². The van der Waals surface area contributed by atoms with Gasteiger partial charge in [0.15, 0.2) is 0 Å². The molecule has 1 fully saturated rings. The van der Waals surface area contributed by atoms with E-state index in [0.29, 0.717) is 12.5 Å². The molecule has 0 radical (unpaired) electrons. The third-order valence-electron chi connectivity index (χ3n) is 3.13. The summed E-state index contributed by atoms with van der Waals surface area (Å²) < 4.78 is 0. The van der Waals surface area contributed by atoms with Crippen molar-refractivity contribution in [2.75, 3.05) is 20.1 Å². The molecule has 2 N–H and O–H groups in total. The minimum atomic E-state index is -0.285.